The number of hydrogen-bond acceptors (Lipinski definition) is 5. The van der Waals surface area contributed by atoms with Gasteiger partial charge in [0.15, 0.2) is 16.8 Å². The lowest BCUT2D eigenvalue weighted by Gasteiger charge is -2.09. The van der Waals surface area contributed by atoms with Gasteiger partial charge in [-0.2, -0.15) is 0 Å². The van der Waals surface area contributed by atoms with E-state index in [0.717, 1.165) is 0 Å². The molecule has 0 aromatic heterocycles. The molecule has 0 atom stereocenters. The first-order valence-corrected chi connectivity index (χ1v) is 6.87. The zero-order valence-electron chi connectivity index (χ0n) is 11.8. The van der Waals surface area contributed by atoms with Crippen molar-refractivity contribution in [2.75, 3.05) is 26.5 Å². The fraction of sp³-hybridized carbons (Fsp3) is 0.250. The van der Waals surface area contributed by atoms with Crippen LogP contribution in [0.4, 0.5) is 4.39 Å². The Labute approximate surface area is 125 Å². The Kier molecular flexibility index (Phi) is 4.29. The average Bonchev–Trinajstić information content (AvgIpc) is 2.52. The maximum absolute atomic E-state index is 11.9. The molecule has 6 heteroatoms. The van der Waals surface area contributed by atoms with E-state index in [4.69, 9.17) is 13.9 Å². The van der Waals surface area contributed by atoms with Crippen molar-refractivity contribution in [3.05, 3.63) is 46.6 Å². The first kappa shape index (κ1) is 14.5. The van der Waals surface area contributed by atoms with Crippen molar-refractivity contribution in [1.29, 1.82) is 0 Å². The lowest BCUT2D eigenvalue weighted by Crippen LogP contribution is -2.08. The van der Waals surface area contributed by atoms with Gasteiger partial charge in [-0.05, 0) is 24.3 Å². The SMILES string of the molecule is O=c1ccc2nc3ccc(OCCOCCF)cc3oc-2c1. The first-order chi connectivity index (χ1) is 10.8. The summed E-state index contributed by atoms with van der Waals surface area (Å²) in [6.07, 6.45) is 0. The number of nitrogens with zero attached hydrogens (tertiary/aromatic N) is 1. The van der Waals surface area contributed by atoms with E-state index in [1.54, 1.807) is 24.3 Å². The average molecular weight is 303 g/mol. The summed E-state index contributed by atoms with van der Waals surface area (Å²) in [5, 5.41) is 0. The summed E-state index contributed by atoms with van der Waals surface area (Å²) < 4.78 is 28.0. The molecule has 0 fully saturated rings. The number of hydrogen-bond donors (Lipinski definition) is 0. The van der Waals surface area contributed by atoms with Gasteiger partial charge in [0.1, 0.15) is 30.2 Å². The second-order valence-electron chi connectivity index (χ2n) is 4.62. The van der Waals surface area contributed by atoms with Gasteiger partial charge in [0, 0.05) is 12.1 Å². The van der Waals surface area contributed by atoms with Crippen LogP contribution in [0.15, 0.2) is 45.6 Å². The number of alkyl halides is 1. The molecule has 0 spiro atoms. The molecule has 2 aliphatic rings. The van der Waals surface area contributed by atoms with E-state index in [2.05, 4.69) is 4.98 Å². The molecule has 0 bridgehead atoms. The summed E-state index contributed by atoms with van der Waals surface area (Å²) in [4.78, 5) is 15.8. The Hall–Kier alpha value is -2.47. The molecule has 1 heterocycles. The summed E-state index contributed by atoms with van der Waals surface area (Å²) in [6.45, 7) is 0.199. The van der Waals surface area contributed by atoms with E-state index in [1.807, 2.05) is 0 Å². The molecule has 22 heavy (non-hydrogen) atoms. The van der Waals surface area contributed by atoms with Crippen LogP contribution in [0.1, 0.15) is 0 Å². The highest BCUT2D eigenvalue weighted by molar-refractivity contribution is 5.77. The topological polar surface area (TPSA) is 61.6 Å². The van der Waals surface area contributed by atoms with Crippen molar-refractivity contribution in [3.63, 3.8) is 0 Å². The minimum absolute atomic E-state index is 0.0733. The van der Waals surface area contributed by atoms with E-state index in [1.165, 1.54) is 12.1 Å². The molecule has 3 rings (SSSR count). The molecule has 1 aromatic rings. The molecule has 0 saturated carbocycles. The van der Waals surface area contributed by atoms with Crippen molar-refractivity contribution in [2.45, 2.75) is 0 Å². The van der Waals surface area contributed by atoms with E-state index < -0.39 is 6.67 Å². The number of ether oxygens (including phenoxy) is 2. The Morgan fingerprint density at radius 1 is 1.09 bits per heavy atom. The number of benzene rings is 2. The van der Waals surface area contributed by atoms with Crippen LogP contribution in [0.25, 0.3) is 22.6 Å². The van der Waals surface area contributed by atoms with Crippen molar-refractivity contribution in [2.24, 2.45) is 0 Å². The molecule has 5 nitrogen and oxygen atoms in total. The quantitative estimate of drug-likeness (QED) is 0.517. The molecule has 114 valence electrons. The first-order valence-electron chi connectivity index (χ1n) is 6.87. The predicted molar refractivity (Wildman–Crippen MR) is 79.2 cm³/mol. The van der Waals surface area contributed by atoms with Gasteiger partial charge in [-0.25, -0.2) is 9.37 Å². The molecule has 0 radical (unpaired) electrons. The Morgan fingerprint density at radius 3 is 2.86 bits per heavy atom. The highest BCUT2D eigenvalue weighted by Gasteiger charge is 2.09. The van der Waals surface area contributed by atoms with Crippen LogP contribution in [0.3, 0.4) is 0 Å². The van der Waals surface area contributed by atoms with E-state index in [-0.39, 0.29) is 12.0 Å². The third-order valence-electron chi connectivity index (χ3n) is 3.04. The smallest absolute Gasteiger partial charge is 0.182 e. The second-order valence-corrected chi connectivity index (χ2v) is 4.62. The molecule has 0 unspecified atom stereocenters. The monoisotopic (exact) mass is 303 g/mol. The number of fused-ring (bicyclic) bond motifs is 2. The highest BCUT2D eigenvalue weighted by Crippen LogP contribution is 2.26. The zero-order valence-corrected chi connectivity index (χ0v) is 11.8. The van der Waals surface area contributed by atoms with Crippen LogP contribution in [0.5, 0.6) is 5.75 Å². The zero-order chi connectivity index (χ0) is 15.4. The van der Waals surface area contributed by atoms with Gasteiger partial charge in [0.05, 0.1) is 13.2 Å². The van der Waals surface area contributed by atoms with Gasteiger partial charge in [-0.15, -0.1) is 0 Å². The van der Waals surface area contributed by atoms with Crippen molar-refractivity contribution < 1.29 is 18.3 Å². The Morgan fingerprint density at radius 2 is 2.00 bits per heavy atom. The predicted octanol–water partition coefficient (Wildman–Crippen LogP) is 2.66. The molecule has 1 aromatic carbocycles. The summed E-state index contributed by atoms with van der Waals surface area (Å²) in [5.74, 6) is 1.03. The third kappa shape index (κ3) is 3.23. The van der Waals surface area contributed by atoms with Gasteiger partial charge in [0.2, 0.25) is 0 Å². The number of aromatic nitrogens is 1. The van der Waals surface area contributed by atoms with Crippen LogP contribution in [-0.4, -0.2) is 31.5 Å². The van der Waals surface area contributed by atoms with Crippen molar-refractivity contribution >= 4 is 11.1 Å². The fourth-order valence-corrected chi connectivity index (χ4v) is 2.05. The molecule has 0 saturated heterocycles. The molecule has 0 N–H and O–H groups in total. The van der Waals surface area contributed by atoms with Crippen LogP contribution in [0.2, 0.25) is 0 Å². The van der Waals surface area contributed by atoms with E-state index >= 15 is 0 Å². The lowest BCUT2D eigenvalue weighted by atomic mass is 10.2. The summed E-state index contributed by atoms with van der Waals surface area (Å²) >= 11 is 0. The maximum atomic E-state index is 11.9. The highest BCUT2D eigenvalue weighted by atomic mass is 19.1. The van der Waals surface area contributed by atoms with Crippen LogP contribution in [0, 0.1) is 0 Å². The van der Waals surface area contributed by atoms with Gasteiger partial charge in [-0.3, -0.25) is 4.79 Å². The molecule has 1 aliphatic carbocycles. The number of rotatable bonds is 6. The van der Waals surface area contributed by atoms with Crippen LogP contribution < -0.4 is 10.2 Å². The second kappa shape index (κ2) is 6.53. The van der Waals surface area contributed by atoms with E-state index in [9.17, 15) is 9.18 Å². The molecule has 0 amide bonds. The van der Waals surface area contributed by atoms with Gasteiger partial charge in [0.25, 0.3) is 0 Å². The summed E-state index contributed by atoms with van der Waals surface area (Å²) in [7, 11) is 0. The Balaban J connectivity index is 1.81. The molecular formula is C16H14FNO4. The van der Waals surface area contributed by atoms with Crippen LogP contribution >= 0.6 is 0 Å². The molecule has 1 aliphatic heterocycles. The Bertz CT molecular complexity index is 802. The lowest BCUT2D eigenvalue weighted by molar-refractivity contribution is 0.0897. The van der Waals surface area contributed by atoms with Gasteiger partial charge in [-0.1, -0.05) is 0 Å². The number of halogens is 1. The summed E-state index contributed by atoms with van der Waals surface area (Å²) in [6, 6.07) is 9.74. The van der Waals surface area contributed by atoms with E-state index in [0.29, 0.717) is 41.5 Å². The van der Waals surface area contributed by atoms with Crippen molar-refractivity contribution in [3.8, 4) is 17.2 Å². The van der Waals surface area contributed by atoms with Gasteiger partial charge < -0.3 is 13.9 Å². The minimum Gasteiger partial charge on any atom is -0.491 e. The van der Waals surface area contributed by atoms with Crippen molar-refractivity contribution in [1.82, 2.24) is 4.98 Å². The fourth-order valence-electron chi connectivity index (χ4n) is 2.05. The summed E-state index contributed by atoms with van der Waals surface area (Å²) in [5.41, 5.74) is 1.70. The molecular weight excluding hydrogens is 289 g/mol. The maximum Gasteiger partial charge on any atom is 0.182 e. The largest absolute Gasteiger partial charge is 0.491 e. The third-order valence-corrected chi connectivity index (χ3v) is 3.04. The normalized spacial score (nSPS) is 11.1. The minimum atomic E-state index is -0.505. The van der Waals surface area contributed by atoms with Gasteiger partial charge >= 0.3 is 0 Å². The standard InChI is InChI=1S/C16H14FNO4/c17-5-6-20-7-8-21-12-2-4-14-16(10-12)22-15-9-11(19)1-3-13(15)18-14/h1-4,9-10H,5-8H2. The van der Waals surface area contributed by atoms with Crippen LogP contribution in [-0.2, 0) is 4.74 Å².